The van der Waals surface area contributed by atoms with Crippen molar-refractivity contribution in [2.24, 2.45) is 0 Å². The first-order valence-electron chi connectivity index (χ1n) is 4.09. The first kappa shape index (κ1) is 11.1. The summed E-state index contributed by atoms with van der Waals surface area (Å²) >= 11 is 0. The van der Waals surface area contributed by atoms with E-state index in [1.807, 2.05) is 13.8 Å². The van der Waals surface area contributed by atoms with Crippen LogP contribution in [-0.2, 0) is 13.9 Å². The molecule has 0 aromatic heterocycles. The molecule has 0 aromatic rings. The second kappa shape index (κ2) is 6.79. The average molecular weight is 178 g/mol. The van der Waals surface area contributed by atoms with E-state index in [9.17, 15) is 0 Å². The first-order chi connectivity index (χ1) is 5.20. The van der Waals surface area contributed by atoms with Gasteiger partial charge in [0.1, 0.15) is 0 Å². The number of hydrogen-bond donors (Lipinski definition) is 0. The molecule has 0 aliphatic carbocycles. The maximum Gasteiger partial charge on any atom is 0.261 e. The molecule has 0 fully saturated rings. The van der Waals surface area contributed by atoms with Crippen molar-refractivity contribution < 1.29 is 13.9 Å². The molecule has 0 aliphatic heterocycles. The molecule has 0 amide bonds. The molecule has 11 heavy (non-hydrogen) atoms. The van der Waals surface area contributed by atoms with Gasteiger partial charge < -0.3 is 13.9 Å². The minimum atomic E-state index is -1.04. The van der Waals surface area contributed by atoms with Crippen LogP contribution in [0.2, 0.25) is 13.1 Å². The molecular formula is C7H18O3Si. The second-order valence-corrected chi connectivity index (χ2v) is 4.75. The van der Waals surface area contributed by atoms with Crippen molar-refractivity contribution in [1.82, 2.24) is 0 Å². The van der Waals surface area contributed by atoms with Gasteiger partial charge in [-0.2, -0.15) is 0 Å². The Bertz CT molecular complexity index is 81.8. The van der Waals surface area contributed by atoms with E-state index in [0.717, 1.165) is 0 Å². The van der Waals surface area contributed by atoms with Gasteiger partial charge in [0.25, 0.3) is 6.48 Å². The van der Waals surface area contributed by atoms with Crippen LogP contribution in [0.5, 0.6) is 0 Å². The minimum absolute atomic E-state index is 0.434. The van der Waals surface area contributed by atoms with Crippen LogP contribution in [0, 0.1) is 0 Å². The van der Waals surface area contributed by atoms with Crippen LogP contribution >= 0.6 is 0 Å². The third kappa shape index (κ3) is 6.49. The molecule has 0 saturated carbocycles. The lowest BCUT2D eigenvalue weighted by Gasteiger charge is -2.19. The molecule has 4 heteroatoms. The standard InChI is InChI=1S/C7H18O3Si/c1-5-8-7(9-6-2)10-11(3)4/h7,11H,5-6H2,1-4H3. The van der Waals surface area contributed by atoms with Gasteiger partial charge in [0, 0.05) is 13.2 Å². The Kier molecular flexibility index (Phi) is 6.85. The van der Waals surface area contributed by atoms with Gasteiger partial charge in [-0.15, -0.1) is 0 Å². The smallest absolute Gasteiger partial charge is 0.261 e. The van der Waals surface area contributed by atoms with Gasteiger partial charge in [-0.05, 0) is 26.9 Å². The van der Waals surface area contributed by atoms with Gasteiger partial charge >= 0.3 is 0 Å². The Labute approximate surface area is 70.4 Å². The maximum absolute atomic E-state index is 5.43. The highest BCUT2D eigenvalue weighted by Crippen LogP contribution is 1.99. The first-order valence-corrected chi connectivity index (χ1v) is 6.87. The molecule has 0 bridgehead atoms. The van der Waals surface area contributed by atoms with Crippen molar-refractivity contribution in [3.8, 4) is 0 Å². The van der Waals surface area contributed by atoms with Crippen molar-refractivity contribution >= 4 is 9.04 Å². The summed E-state index contributed by atoms with van der Waals surface area (Å²) in [5, 5.41) is 0. The zero-order chi connectivity index (χ0) is 8.69. The van der Waals surface area contributed by atoms with Crippen LogP contribution in [0.3, 0.4) is 0 Å². The zero-order valence-corrected chi connectivity index (χ0v) is 8.95. The predicted molar refractivity (Wildman–Crippen MR) is 47.0 cm³/mol. The number of ether oxygens (including phenoxy) is 2. The largest absolute Gasteiger partial charge is 0.375 e. The number of hydrogen-bond acceptors (Lipinski definition) is 3. The Hall–Kier alpha value is 0.0969. The fraction of sp³-hybridized carbons (Fsp3) is 1.00. The van der Waals surface area contributed by atoms with E-state index < -0.39 is 15.5 Å². The van der Waals surface area contributed by atoms with Gasteiger partial charge in [0.15, 0.2) is 9.04 Å². The van der Waals surface area contributed by atoms with Gasteiger partial charge in [-0.25, -0.2) is 0 Å². The Morgan fingerprint density at radius 3 is 1.82 bits per heavy atom. The second-order valence-electron chi connectivity index (χ2n) is 2.38. The molecule has 0 spiro atoms. The summed E-state index contributed by atoms with van der Waals surface area (Å²) < 4.78 is 15.8. The Morgan fingerprint density at radius 1 is 1.09 bits per heavy atom. The molecule has 3 nitrogen and oxygen atoms in total. The summed E-state index contributed by atoms with van der Waals surface area (Å²) in [4.78, 5) is 0. The Balaban J connectivity index is 3.50. The van der Waals surface area contributed by atoms with Crippen molar-refractivity contribution in [2.75, 3.05) is 13.2 Å². The van der Waals surface area contributed by atoms with E-state index in [0.29, 0.717) is 13.2 Å². The van der Waals surface area contributed by atoms with Gasteiger partial charge in [0.05, 0.1) is 0 Å². The van der Waals surface area contributed by atoms with Crippen LogP contribution in [0.25, 0.3) is 0 Å². The third-order valence-corrected chi connectivity index (χ3v) is 1.76. The molecule has 0 aromatic carbocycles. The maximum atomic E-state index is 5.43. The topological polar surface area (TPSA) is 27.7 Å². The van der Waals surface area contributed by atoms with Gasteiger partial charge in [-0.3, -0.25) is 0 Å². The Morgan fingerprint density at radius 2 is 1.55 bits per heavy atom. The van der Waals surface area contributed by atoms with E-state index in [1.54, 1.807) is 0 Å². The molecule has 0 aliphatic rings. The lowest BCUT2D eigenvalue weighted by molar-refractivity contribution is -0.245. The molecule has 68 valence electrons. The summed E-state index contributed by atoms with van der Waals surface area (Å²) in [6.07, 6.45) is 0. The monoisotopic (exact) mass is 178 g/mol. The van der Waals surface area contributed by atoms with Gasteiger partial charge in [-0.1, -0.05) is 0 Å². The van der Waals surface area contributed by atoms with E-state index in [1.165, 1.54) is 0 Å². The summed E-state index contributed by atoms with van der Waals surface area (Å²) in [6.45, 7) is 8.86. The summed E-state index contributed by atoms with van der Waals surface area (Å²) in [7, 11) is -1.04. The fourth-order valence-electron chi connectivity index (χ4n) is 0.621. The molecule has 0 unspecified atom stereocenters. The molecule has 0 heterocycles. The molecular weight excluding hydrogens is 160 g/mol. The lowest BCUT2D eigenvalue weighted by atomic mass is 10.8. The highest BCUT2D eigenvalue weighted by Gasteiger charge is 2.09. The molecule has 0 rings (SSSR count). The van der Waals surface area contributed by atoms with E-state index in [-0.39, 0.29) is 0 Å². The van der Waals surface area contributed by atoms with Crippen molar-refractivity contribution in [1.29, 1.82) is 0 Å². The van der Waals surface area contributed by atoms with Crippen molar-refractivity contribution in [3.05, 3.63) is 0 Å². The highest BCUT2D eigenvalue weighted by atomic mass is 28.3. The van der Waals surface area contributed by atoms with Crippen LogP contribution < -0.4 is 0 Å². The molecule has 0 atom stereocenters. The van der Waals surface area contributed by atoms with Crippen LogP contribution in [0.4, 0.5) is 0 Å². The van der Waals surface area contributed by atoms with Crippen molar-refractivity contribution in [2.45, 2.75) is 33.4 Å². The summed E-state index contributed by atoms with van der Waals surface area (Å²) in [5.41, 5.74) is 0. The SMILES string of the molecule is CCOC(OCC)O[SiH](C)C. The molecule has 0 radical (unpaired) electrons. The molecule has 0 saturated heterocycles. The average Bonchev–Trinajstić information content (AvgIpc) is 1.87. The van der Waals surface area contributed by atoms with Crippen LogP contribution in [0.1, 0.15) is 13.8 Å². The van der Waals surface area contributed by atoms with Gasteiger partial charge in [0.2, 0.25) is 0 Å². The zero-order valence-electron chi connectivity index (χ0n) is 7.79. The highest BCUT2D eigenvalue weighted by molar-refractivity contribution is 6.48. The van der Waals surface area contributed by atoms with E-state index in [4.69, 9.17) is 13.9 Å². The third-order valence-electron chi connectivity index (χ3n) is 0.989. The predicted octanol–water partition coefficient (Wildman–Crippen LogP) is 1.34. The fourth-order valence-corrected chi connectivity index (χ4v) is 1.22. The molecule has 0 N–H and O–H groups in total. The van der Waals surface area contributed by atoms with Crippen LogP contribution in [0.15, 0.2) is 0 Å². The van der Waals surface area contributed by atoms with E-state index in [2.05, 4.69) is 13.1 Å². The van der Waals surface area contributed by atoms with E-state index >= 15 is 0 Å². The summed E-state index contributed by atoms with van der Waals surface area (Å²) in [6, 6.07) is 0. The minimum Gasteiger partial charge on any atom is -0.375 e. The van der Waals surface area contributed by atoms with Crippen molar-refractivity contribution in [3.63, 3.8) is 0 Å². The number of rotatable bonds is 6. The normalized spacial score (nSPS) is 11.5. The summed E-state index contributed by atoms with van der Waals surface area (Å²) in [5.74, 6) is 0. The quantitative estimate of drug-likeness (QED) is 0.454. The lowest BCUT2D eigenvalue weighted by Crippen LogP contribution is -2.26. The van der Waals surface area contributed by atoms with Crippen LogP contribution in [-0.4, -0.2) is 28.7 Å².